The smallest absolute Gasteiger partial charge is 0.141 e. The summed E-state index contributed by atoms with van der Waals surface area (Å²) < 4.78 is 17.6. The van der Waals surface area contributed by atoms with Crippen molar-refractivity contribution in [3.05, 3.63) is 35.5 Å². The van der Waals surface area contributed by atoms with Gasteiger partial charge in [0.05, 0.1) is 50.1 Å². The van der Waals surface area contributed by atoms with Crippen molar-refractivity contribution in [2.45, 2.75) is 56.0 Å². The van der Waals surface area contributed by atoms with E-state index in [1.807, 2.05) is 31.3 Å². The first-order valence-electron chi connectivity index (χ1n) is 12.0. The van der Waals surface area contributed by atoms with Crippen molar-refractivity contribution in [2.24, 2.45) is 15.9 Å². The summed E-state index contributed by atoms with van der Waals surface area (Å²) >= 11 is 0. The molecule has 4 aliphatic heterocycles. The number of nitrogens with zero attached hydrogens (tertiary/aromatic N) is 4. The van der Waals surface area contributed by atoms with Crippen molar-refractivity contribution >= 4 is 22.8 Å². The number of hydrazone groups is 1. The monoisotopic (exact) mass is 465 g/mol. The van der Waals surface area contributed by atoms with Crippen LogP contribution in [0.3, 0.4) is 0 Å². The molecule has 9 heteroatoms. The van der Waals surface area contributed by atoms with Crippen LogP contribution in [0.4, 0.5) is 0 Å². The predicted molar refractivity (Wildman–Crippen MR) is 128 cm³/mol. The molecule has 1 aliphatic carbocycles. The summed E-state index contributed by atoms with van der Waals surface area (Å²) in [6.45, 7) is 5.49. The molecule has 3 N–H and O–H groups in total. The number of rotatable bonds is 6. The first-order chi connectivity index (χ1) is 16.5. The van der Waals surface area contributed by atoms with E-state index in [1.165, 1.54) is 5.56 Å². The highest BCUT2D eigenvalue weighted by Gasteiger charge is 2.67. The number of morpholine rings is 1. The topological polar surface area (TPSA) is 115 Å². The number of nitrogens with two attached hydrogens (primary N) is 1. The van der Waals surface area contributed by atoms with Gasteiger partial charge in [0.1, 0.15) is 17.6 Å². The number of aliphatic hydroxyl groups excluding tert-OH is 1. The van der Waals surface area contributed by atoms with Crippen molar-refractivity contribution in [3.63, 3.8) is 0 Å². The van der Waals surface area contributed by atoms with Crippen LogP contribution in [0.1, 0.15) is 30.9 Å². The molecule has 5 aliphatic rings. The maximum Gasteiger partial charge on any atom is 0.141 e. The quantitative estimate of drug-likeness (QED) is 0.377. The van der Waals surface area contributed by atoms with Gasteiger partial charge in [0.2, 0.25) is 0 Å². The Bertz CT molecular complexity index is 1160. The number of pyridine rings is 1. The van der Waals surface area contributed by atoms with Gasteiger partial charge in [0.15, 0.2) is 0 Å². The maximum absolute atomic E-state index is 9.73. The summed E-state index contributed by atoms with van der Waals surface area (Å²) in [6.07, 6.45) is 6.07. The van der Waals surface area contributed by atoms with E-state index in [0.29, 0.717) is 25.5 Å². The van der Waals surface area contributed by atoms with Gasteiger partial charge >= 0.3 is 0 Å². The molecule has 1 spiro atoms. The zero-order valence-electron chi connectivity index (χ0n) is 19.4. The third-order valence-corrected chi connectivity index (χ3v) is 7.87. The lowest BCUT2D eigenvalue weighted by molar-refractivity contribution is -0.104. The van der Waals surface area contributed by atoms with Crippen molar-refractivity contribution in [2.75, 3.05) is 33.0 Å². The molecule has 2 atom stereocenters. The van der Waals surface area contributed by atoms with E-state index in [4.69, 9.17) is 25.0 Å². The van der Waals surface area contributed by atoms with Gasteiger partial charge in [-0.25, -0.2) is 0 Å². The number of hydrogen-bond acceptors (Lipinski definition) is 9. The van der Waals surface area contributed by atoms with Gasteiger partial charge in [-0.3, -0.25) is 14.9 Å². The van der Waals surface area contributed by atoms with Crippen LogP contribution in [-0.4, -0.2) is 83.1 Å². The standard InChI is InChI=1S/C25H31N5O4/c1-16(34-19-2-3-22-21(6-19)20-4-5-32-10-17(20)7-27-22)23(29-26)8-28-24-12-25(13-24)15-33-11-18(9-31)30(25)14-24/h2-3,6-8,16,18,31H,4-5,9-15,26H2,1H3/b28-8?,29-23+/t16-,18?,24?,25?/m1/s1. The number of aliphatic imine (C=N–C) groups is 1. The molecular weight excluding hydrogens is 434 g/mol. The Morgan fingerprint density at radius 1 is 1.41 bits per heavy atom. The highest BCUT2D eigenvalue weighted by Crippen LogP contribution is 2.57. The number of aliphatic hydroxyl groups is 1. The molecule has 7 rings (SSSR count). The Balaban J connectivity index is 1.17. The fourth-order valence-corrected chi connectivity index (χ4v) is 6.26. The summed E-state index contributed by atoms with van der Waals surface area (Å²) in [4.78, 5) is 11.9. The Morgan fingerprint density at radius 3 is 3.12 bits per heavy atom. The second-order valence-corrected chi connectivity index (χ2v) is 10.1. The van der Waals surface area contributed by atoms with Crippen LogP contribution in [0.2, 0.25) is 0 Å². The van der Waals surface area contributed by atoms with Crippen LogP contribution in [0.5, 0.6) is 5.75 Å². The van der Waals surface area contributed by atoms with E-state index in [9.17, 15) is 5.11 Å². The summed E-state index contributed by atoms with van der Waals surface area (Å²) in [5, 5.41) is 14.8. The molecule has 2 bridgehead atoms. The molecule has 1 aromatic carbocycles. The van der Waals surface area contributed by atoms with Crippen molar-refractivity contribution in [3.8, 4) is 5.75 Å². The van der Waals surface area contributed by atoms with E-state index in [0.717, 1.165) is 54.6 Å². The molecule has 34 heavy (non-hydrogen) atoms. The average molecular weight is 466 g/mol. The van der Waals surface area contributed by atoms with E-state index >= 15 is 0 Å². The lowest BCUT2D eigenvalue weighted by atomic mass is 9.68. The van der Waals surface area contributed by atoms with Gasteiger partial charge in [0, 0.05) is 29.9 Å². The van der Waals surface area contributed by atoms with Gasteiger partial charge in [-0.2, -0.15) is 5.10 Å². The second-order valence-electron chi connectivity index (χ2n) is 10.1. The van der Waals surface area contributed by atoms with Crippen LogP contribution in [0.15, 0.2) is 34.5 Å². The molecule has 3 saturated heterocycles. The molecule has 2 aromatic rings. The van der Waals surface area contributed by atoms with Crippen LogP contribution in [0.25, 0.3) is 10.9 Å². The Morgan fingerprint density at radius 2 is 2.29 bits per heavy atom. The molecule has 0 radical (unpaired) electrons. The second kappa shape index (κ2) is 8.27. The number of fused-ring (bicyclic) bond motifs is 3. The summed E-state index contributed by atoms with van der Waals surface area (Å²) in [5.74, 6) is 6.49. The largest absolute Gasteiger partial charge is 0.484 e. The molecule has 5 heterocycles. The van der Waals surface area contributed by atoms with Crippen molar-refractivity contribution in [1.29, 1.82) is 0 Å². The highest BCUT2D eigenvalue weighted by molar-refractivity contribution is 6.32. The Labute approximate surface area is 198 Å². The molecule has 1 unspecified atom stereocenters. The van der Waals surface area contributed by atoms with Gasteiger partial charge < -0.3 is 25.2 Å². The van der Waals surface area contributed by atoms with E-state index < -0.39 is 0 Å². The zero-order valence-corrected chi connectivity index (χ0v) is 19.4. The van der Waals surface area contributed by atoms with Gasteiger partial charge in [-0.15, -0.1) is 0 Å². The third-order valence-electron chi connectivity index (χ3n) is 7.87. The van der Waals surface area contributed by atoms with Crippen LogP contribution >= 0.6 is 0 Å². The third kappa shape index (κ3) is 3.50. The highest BCUT2D eigenvalue weighted by atomic mass is 16.5. The summed E-state index contributed by atoms with van der Waals surface area (Å²) in [6, 6.07) is 6.02. The fraction of sp³-hybridized carbons (Fsp3) is 0.560. The normalized spacial score (nSPS) is 31.8. The van der Waals surface area contributed by atoms with E-state index in [1.54, 1.807) is 6.21 Å². The molecule has 4 fully saturated rings. The fourth-order valence-electron chi connectivity index (χ4n) is 6.26. The zero-order chi connectivity index (χ0) is 23.3. The molecule has 1 saturated carbocycles. The van der Waals surface area contributed by atoms with Crippen molar-refractivity contribution in [1.82, 2.24) is 9.88 Å². The van der Waals surface area contributed by atoms with Gasteiger partial charge in [-0.1, -0.05) is 0 Å². The lowest BCUT2D eigenvalue weighted by Gasteiger charge is -2.50. The van der Waals surface area contributed by atoms with Crippen molar-refractivity contribution < 1.29 is 19.3 Å². The van der Waals surface area contributed by atoms with Crippen LogP contribution < -0.4 is 10.6 Å². The average Bonchev–Trinajstić information content (AvgIpc) is 3.35. The SMILES string of the molecule is C[C@@H](Oc1ccc2ncc3c(c2c1)CCOC3)/C(C=NC12CN3C(CO)COCC3(C1)C2)=N/N. The van der Waals surface area contributed by atoms with Crippen LogP contribution in [0, 0.1) is 0 Å². The minimum Gasteiger partial charge on any atom is -0.484 e. The maximum atomic E-state index is 9.73. The number of hydrogen-bond donors (Lipinski definition) is 2. The number of benzene rings is 1. The molecule has 1 aromatic heterocycles. The van der Waals surface area contributed by atoms with Gasteiger partial charge in [-0.05, 0) is 55.5 Å². The molecule has 180 valence electrons. The summed E-state index contributed by atoms with van der Waals surface area (Å²) in [5.41, 5.74) is 3.83. The number of ether oxygens (including phenoxy) is 3. The predicted octanol–water partition coefficient (Wildman–Crippen LogP) is 1.44. The summed E-state index contributed by atoms with van der Waals surface area (Å²) in [7, 11) is 0. The van der Waals surface area contributed by atoms with Gasteiger partial charge in [0.25, 0.3) is 0 Å². The van der Waals surface area contributed by atoms with E-state index in [2.05, 4.69) is 15.0 Å². The molecule has 0 amide bonds. The van der Waals surface area contributed by atoms with E-state index in [-0.39, 0.29) is 29.8 Å². The Kier molecular flexibility index (Phi) is 5.33. The lowest BCUT2D eigenvalue weighted by Crippen LogP contribution is -2.61. The first kappa shape index (κ1) is 21.9. The van der Waals surface area contributed by atoms with Crippen LogP contribution in [-0.2, 0) is 22.5 Å². The minimum atomic E-state index is -0.357. The number of aromatic nitrogens is 1. The molecular formula is C25H31N5O4. The molecule has 9 nitrogen and oxygen atoms in total. The first-order valence-corrected chi connectivity index (χ1v) is 12.0. The Hall–Kier alpha value is -2.59. The minimum absolute atomic E-state index is 0.0223.